The summed E-state index contributed by atoms with van der Waals surface area (Å²) in [5, 5.41) is 1.08. The van der Waals surface area contributed by atoms with Gasteiger partial charge in [-0.2, -0.15) is 0 Å². The Morgan fingerprint density at radius 3 is 2.53 bits per heavy atom. The minimum Gasteiger partial charge on any atom is -0.497 e. The smallest absolute Gasteiger partial charge is 0.230 e. The number of ether oxygens (including phenoxy) is 1. The summed E-state index contributed by atoms with van der Waals surface area (Å²) in [5.74, 6) is 1.10. The van der Waals surface area contributed by atoms with Gasteiger partial charge in [0.05, 0.1) is 29.9 Å². The molecule has 0 fully saturated rings. The SMILES string of the molecule is COc1ccc(-c2cn(-c3ccc(F)cc3)c(CC(=O)N3CCc4nc(C)sc4CC3)n2)cc1. The number of amides is 1. The number of fused-ring (bicyclic) bond motifs is 1. The van der Waals surface area contributed by atoms with Gasteiger partial charge in [-0.3, -0.25) is 4.79 Å². The van der Waals surface area contributed by atoms with Crippen LogP contribution in [-0.4, -0.2) is 45.5 Å². The second-order valence-electron chi connectivity index (χ2n) is 8.28. The zero-order valence-electron chi connectivity index (χ0n) is 19.1. The van der Waals surface area contributed by atoms with E-state index in [2.05, 4.69) is 4.98 Å². The second kappa shape index (κ2) is 9.38. The second-order valence-corrected chi connectivity index (χ2v) is 9.57. The van der Waals surface area contributed by atoms with E-state index in [-0.39, 0.29) is 18.1 Å². The molecule has 0 unspecified atom stereocenters. The fraction of sp³-hybridized carbons (Fsp3) is 0.269. The first kappa shape index (κ1) is 22.3. The van der Waals surface area contributed by atoms with Gasteiger partial charge in [-0.15, -0.1) is 11.3 Å². The number of methoxy groups -OCH3 is 1. The molecule has 6 nitrogen and oxygen atoms in total. The highest BCUT2D eigenvalue weighted by Gasteiger charge is 2.23. The van der Waals surface area contributed by atoms with Crippen molar-refractivity contribution in [3.63, 3.8) is 0 Å². The van der Waals surface area contributed by atoms with Crippen LogP contribution in [-0.2, 0) is 24.1 Å². The van der Waals surface area contributed by atoms with E-state index < -0.39 is 0 Å². The lowest BCUT2D eigenvalue weighted by atomic mass is 10.1. The van der Waals surface area contributed by atoms with Gasteiger partial charge in [-0.25, -0.2) is 14.4 Å². The van der Waals surface area contributed by atoms with Gasteiger partial charge >= 0.3 is 0 Å². The highest BCUT2D eigenvalue weighted by molar-refractivity contribution is 7.11. The molecular weight excluding hydrogens is 451 g/mol. The number of nitrogens with zero attached hydrogens (tertiary/aromatic N) is 4. The van der Waals surface area contributed by atoms with Crippen molar-refractivity contribution in [2.75, 3.05) is 20.2 Å². The third-order valence-corrected chi connectivity index (χ3v) is 7.12. The normalized spacial score (nSPS) is 13.4. The molecule has 1 aliphatic rings. The molecule has 0 atom stereocenters. The van der Waals surface area contributed by atoms with Gasteiger partial charge in [0.2, 0.25) is 5.91 Å². The van der Waals surface area contributed by atoms with Crippen LogP contribution in [0.25, 0.3) is 16.9 Å². The Morgan fingerprint density at radius 1 is 1.06 bits per heavy atom. The van der Waals surface area contributed by atoms with Crippen LogP contribution in [0.15, 0.2) is 54.7 Å². The minimum atomic E-state index is -0.308. The molecule has 0 radical (unpaired) electrons. The fourth-order valence-corrected chi connectivity index (χ4v) is 5.23. The van der Waals surface area contributed by atoms with E-state index in [1.807, 2.05) is 46.9 Å². The quantitative estimate of drug-likeness (QED) is 0.422. The zero-order chi connectivity index (χ0) is 23.7. The molecule has 34 heavy (non-hydrogen) atoms. The first-order chi connectivity index (χ1) is 16.5. The van der Waals surface area contributed by atoms with E-state index in [0.29, 0.717) is 18.9 Å². The molecule has 3 heterocycles. The molecule has 2 aromatic carbocycles. The number of hydrogen-bond donors (Lipinski definition) is 0. The number of carbonyl (C=O) groups is 1. The van der Waals surface area contributed by atoms with Crippen LogP contribution in [0, 0.1) is 12.7 Å². The van der Waals surface area contributed by atoms with Crippen molar-refractivity contribution in [2.45, 2.75) is 26.2 Å². The van der Waals surface area contributed by atoms with Gasteiger partial charge in [-0.05, 0) is 55.5 Å². The number of thiazole rings is 1. The molecule has 0 saturated heterocycles. The Morgan fingerprint density at radius 2 is 1.79 bits per heavy atom. The molecule has 1 amide bonds. The van der Waals surface area contributed by atoms with Gasteiger partial charge in [0.25, 0.3) is 0 Å². The highest BCUT2D eigenvalue weighted by atomic mass is 32.1. The summed E-state index contributed by atoms with van der Waals surface area (Å²) in [7, 11) is 1.63. The van der Waals surface area contributed by atoms with Crippen LogP contribution in [0.5, 0.6) is 5.75 Å². The molecule has 2 aromatic heterocycles. The van der Waals surface area contributed by atoms with Gasteiger partial charge < -0.3 is 14.2 Å². The minimum absolute atomic E-state index is 0.0297. The van der Waals surface area contributed by atoms with E-state index in [1.54, 1.807) is 30.6 Å². The summed E-state index contributed by atoms with van der Waals surface area (Å²) in [5.41, 5.74) is 3.53. The first-order valence-electron chi connectivity index (χ1n) is 11.2. The molecule has 0 N–H and O–H groups in total. The summed E-state index contributed by atoms with van der Waals surface area (Å²) in [4.78, 5) is 25.9. The van der Waals surface area contributed by atoms with E-state index in [0.717, 1.165) is 46.2 Å². The van der Waals surface area contributed by atoms with Crippen molar-refractivity contribution >= 4 is 17.2 Å². The monoisotopic (exact) mass is 476 g/mol. The number of benzene rings is 2. The lowest BCUT2D eigenvalue weighted by Gasteiger charge is -2.20. The summed E-state index contributed by atoms with van der Waals surface area (Å²) in [6, 6.07) is 13.8. The molecule has 0 spiro atoms. The van der Waals surface area contributed by atoms with Gasteiger partial charge in [-0.1, -0.05) is 0 Å². The molecule has 0 aliphatic carbocycles. The van der Waals surface area contributed by atoms with Crippen LogP contribution < -0.4 is 4.74 Å². The number of aromatic nitrogens is 3. The fourth-order valence-electron chi connectivity index (χ4n) is 4.26. The number of rotatable bonds is 5. The Hall–Kier alpha value is -3.52. The van der Waals surface area contributed by atoms with Crippen LogP contribution >= 0.6 is 11.3 Å². The van der Waals surface area contributed by atoms with Crippen molar-refractivity contribution in [3.05, 3.63) is 81.9 Å². The first-order valence-corrected chi connectivity index (χ1v) is 12.0. The molecule has 0 saturated carbocycles. The maximum atomic E-state index is 13.5. The Kier molecular flexibility index (Phi) is 6.15. The average molecular weight is 477 g/mol. The Labute approximate surface area is 201 Å². The predicted octanol–water partition coefficient (Wildman–Crippen LogP) is 4.62. The molecule has 5 rings (SSSR count). The number of carbonyl (C=O) groups excluding carboxylic acids is 1. The summed E-state index contributed by atoms with van der Waals surface area (Å²) < 4.78 is 20.7. The van der Waals surface area contributed by atoms with Crippen molar-refractivity contribution in [2.24, 2.45) is 0 Å². The Balaban J connectivity index is 1.42. The zero-order valence-corrected chi connectivity index (χ0v) is 19.9. The third kappa shape index (κ3) is 4.59. The predicted molar refractivity (Wildman–Crippen MR) is 130 cm³/mol. The number of aryl methyl sites for hydroxylation is 1. The van der Waals surface area contributed by atoms with Crippen LogP contribution in [0.3, 0.4) is 0 Å². The Bertz CT molecular complexity index is 1290. The summed E-state index contributed by atoms with van der Waals surface area (Å²) in [6.07, 6.45) is 3.66. The molecular formula is C26H25FN4O2S. The van der Waals surface area contributed by atoms with Crippen LogP contribution in [0.1, 0.15) is 21.4 Å². The van der Waals surface area contributed by atoms with Crippen molar-refractivity contribution in [1.82, 2.24) is 19.4 Å². The van der Waals surface area contributed by atoms with E-state index in [4.69, 9.17) is 9.72 Å². The molecule has 174 valence electrons. The van der Waals surface area contributed by atoms with Crippen molar-refractivity contribution in [3.8, 4) is 22.7 Å². The maximum Gasteiger partial charge on any atom is 0.230 e. The van der Waals surface area contributed by atoms with Crippen LogP contribution in [0.2, 0.25) is 0 Å². The number of imidazole rings is 1. The van der Waals surface area contributed by atoms with E-state index in [1.165, 1.54) is 17.0 Å². The van der Waals surface area contributed by atoms with E-state index >= 15 is 0 Å². The van der Waals surface area contributed by atoms with E-state index in [9.17, 15) is 9.18 Å². The number of halogens is 1. The maximum absolute atomic E-state index is 13.5. The molecule has 8 heteroatoms. The average Bonchev–Trinajstić information content (AvgIpc) is 3.36. The topological polar surface area (TPSA) is 60.2 Å². The summed E-state index contributed by atoms with van der Waals surface area (Å²) >= 11 is 1.72. The lowest BCUT2D eigenvalue weighted by Crippen LogP contribution is -2.35. The largest absolute Gasteiger partial charge is 0.497 e. The number of hydrogen-bond acceptors (Lipinski definition) is 5. The standard InChI is InChI=1S/C26H25FN4O2S/c1-17-28-22-11-13-30(14-12-24(22)34-17)26(32)15-25-29-23(18-3-9-21(33-2)10-4-18)16-31(25)20-7-5-19(27)6-8-20/h3-10,16H,11-15H2,1-2H3. The molecule has 1 aliphatic heterocycles. The third-order valence-electron chi connectivity index (χ3n) is 6.04. The van der Waals surface area contributed by atoms with Crippen molar-refractivity contribution in [1.29, 1.82) is 0 Å². The lowest BCUT2D eigenvalue weighted by molar-refractivity contribution is -0.130. The van der Waals surface area contributed by atoms with Gasteiger partial charge in [0.15, 0.2) is 0 Å². The molecule has 4 aromatic rings. The summed E-state index contributed by atoms with van der Waals surface area (Å²) in [6.45, 7) is 3.35. The van der Waals surface area contributed by atoms with Gasteiger partial charge in [0, 0.05) is 48.3 Å². The van der Waals surface area contributed by atoms with Crippen LogP contribution in [0.4, 0.5) is 4.39 Å². The highest BCUT2D eigenvalue weighted by Crippen LogP contribution is 2.26. The molecule has 0 bridgehead atoms. The van der Waals surface area contributed by atoms with Crippen molar-refractivity contribution < 1.29 is 13.9 Å². The van der Waals surface area contributed by atoms with Gasteiger partial charge in [0.1, 0.15) is 17.4 Å².